The Morgan fingerprint density at radius 3 is 3.00 bits per heavy atom. The molecule has 0 bridgehead atoms. The van der Waals surface area contributed by atoms with E-state index in [9.17, 15) is 9.59 Å². The molecule has 3 N–H and O–H groups in total. The van der Waals surface area contributed by atoms with Crippen molar-refractivity contribution in [1.29, 1.82) is 0 Å². The zero-order chi connectivity index (χ0) is 12.9. The van der Waals surface area contributed by atoms with Crippen LogP contribution >= 0.6 is 11.3 Å². The third kappa shape index (κ3) is 3.52. The van der Waals surface area contributed by atoms with Gasteiger partial charge in [-0.3, -0.25) is 4.79 Å². The molecule has 0 aliphatic carbocycles. The summed E-state index contributed by atoms with van der Waals surface area (Å²) in [5, 5.41) is 14.3. The second-order valence-corrected chi connectivity index (χ2v) is 4.26. The van der Waals surface area contributed by atoms with Gasteiger partial charge in [0.15, 0.2) is 11.4 Å². The quantitative estimate of drug-likeness (QED) is 0.430. The SMILES string of the molecule is CC(Cc1csc(N)n1)(ON=CC=O)C(=O)O. The van der Waals surface area contributed by atoms with Crippen molar-refractivity contribution in [3.63, 3.8) is 0 Å². The van der Waals surface area contributed by atoms with Crippen molar-refractivity contribution < 1.29 is 19.5 Å². The van der Waals surface area contributed by atoms with E-state index in [0.717, 1.165) is 6.21 Å². The number of hydrogen-bond donors (Lipinski definition) is 2. The van der Waals surface area contributed by atoms with E-state index >= 15 is 0 Å². The minimum Gasteiger partial charge on any atom is -0.478 e. The largest absolute Gasteiger partial charge is 0.478 e. The van der Waals surface area contributed by atoms with Gasteiger partial charge in [0, 0.05) is 11.8 Å². The zero-order valence-electron chi connectivity index (χ0n) is 8.99. The third-order valence-electron chi connectivity index (χ3n) is 1.92. The lowest BCUT2D eigenvalue weighted by atomic mass is 10.0. The molecule has 92 valence electrons. The van der Waals surface area contributed by atoms with Crippen LogP contribution in [0.5, 0.6) is 0 Å². The zero-order valence-corrected chi connectivity index (χ0v) is 9.81. The van der Waals surface area contributed by atoms with Gasteiger partial charge in [-0.25, -0.2) is 9.78 Å². The normalized spacial score (nSPS) is 14.4. The molecule has 0 saturated heterocycles. The fourth-order valence-electron chi connectivity index (χ4n) is 1.07. The number of carbonyl (C=O) groups excluding carboxylic acids is 1. The number of aldehydes is 1. The number of rotatable bonds is 6. The summed E-state index contributed by atoms with van der Waals surface area (Å²) in [4.78, 5) is 29.8. The van der Waals surface area contributed by atoms with E-state index in [4.69, 9.17) is 15.7 Å². The Balaban J connectivity index is 2.81. The number of oxime groups is 1. The molecule has 8 heteroatoms. The average Bonchev–Trinajstić information content (AvgIpc) is 2.64. The van der Waals surface area contributed by atoms with E-state index in [1.165, 1.54) is 18.3 Å². The van der Waals surface area contributed by atoms with E-state index in [0.29, 0.717) is 17.1 Å². The second-order valence-electron chi connectivity index (χ2n) is 3.37. The van der Waals surface area contributed by atoms with Crippen molar-refractivity contribution in [2.45, 2.75) is 18.9 Å². The number of hydrogen-bond acceptors (Lipinski definition) is 7. The van der Waals surface area contributed by atoms with Gasteiger partial charge >= 0.3 is 5.97 Å². The van der Waals surface area contributed by atoms with Crippen molar-refractivity contribution >= 4 is 34.9 Å². The van der Waals surface area contributed by atoms with Crippen LogP contribution in [0, 0.1) is 0 Å². The summed E-state index contributed by atoms with van der Waals surface area (Å²) in [5.74, 6) is -1.20. The molecule has 0 amide bonds. The van der Waals surface area contributed by atoms with Gasteiger partial charge in [0.25, 0.3) is 0 Å². The predicted molar refractivity (Wildman–Crippen MR) is 61.9 cm³/mol. The topological polar surface area (TPSA) is 115 Å². The maximum atomic E-state index is 11.1. The predicted octanol–water partition coefficient (Wildman–Crippen LogP) is 0.312. The highest BCUT2D eigenvalue weighted by Crippen LogP contribution is 2.21. The van der Waals surface area contributed by atoms with E-state index in [1.807, 2.05) is 0 Å². The van der Waals surface area contributed by atoms with Gasteiger partial charge in [0.1, 0.15) is 6.21 Å². The molecule has 1 unspecified atom stereocenters. The molecule has 0 spiro atoms. The van der Waals surface area contributed by atoms with Gasteiger partial charge in [0.2, 0.25) is 5.60 Å². The molecule has 0 aliphatic heterocycles. The molecule has 1 aromatic rings. The van der Waals surface area contributed by atoms with E-state index in [2.05, 4.69) is 10.1 Å². The number of nitrogens with two attached hydrogens (primary N) is 1. The monoisotopic (exact) mass is 257 g/mol. The Morgan fingerprint density at radius 1 is 1.82 bits per heavy atom. The molecular weight excluding hydrogens is 246 g/mol. The van der Waals surface area contributed by atoms with E-state index in [1.54, 1.807) is 5.38 Å². The van der Waals surface area contributed by atoms with Crippen LogP contribution in [0.3, 0.4) is 0 Å². The molecule has 0 aliphatic rings. The average molecular weight is 257 g/mol. The van der Waals surface area contributed by atoms with Gasteiger partial charge in [-0.1, -0.05) is 5.16 Å². The van der Waals surface area contributed by atoms with Crippen LogP contribution in [0.15, 0.2) is 10.5 Å². The Kier molecular flexibility index (Phi) is 4.16. The number of thiazole rings is 1. The minimum absolute atomic E-state index is 0.00618. The highest BCUT2D eigenvalue weighted by Gasteiger charge is 2.37. The molecule has 0 aromatic carbocycles. The number of anilines is 1. The Bertz CT molecular complexity index is 445. The summed E-state index contributed by atoms with van der Waals surface area (Å²) in [5.41, 5.74) is 4.35. The highest BCUT2D eigenvalue weighted by atomic mass is 32.1. The number of aromatic nitrogens is 1. The van der Waals surface area contributed by atoms with Gasteiger partial charge in [0.05, 0.1) is 5.69 Å². The fraction of sp³-hybridized carbons (Fsp3) is 0.333. The summed E-state index contributed by atoms with van der Waals surface area (Å²) < 4.78 is 0. The van der Waals surface area contributed by atoms with Crippen molar-refractivity contribution in [1.82, 2.24) is 4.98 Å². The molecule has 1 atom stereocenters. The summed E-state index contributed by atoms with van der Waals surface area (Å²) in [6.07, 6.45) is 1.23. The highest BCUT2D eigenvalue weighted by molar-refractivity contribution is 7.13. The van der Waals surface area contributed by atoms with Gasteiger partial charge < -0.3 is 15.7 Å². The van der Waals surface area contributed by atoms with Gasteiger partial charge in [-0.15, -0.1) is 11.3 Å². The molecule has 17 heavy (non-hydrogen) atoms. The van der Waals surface area contributed by atoms with Crippen molar-refractivity contribution in [2.75, 3.05) is 5.73 Å². The standard InChI is InChI=1S/C9H11N3O4S/c1-9(7(14)15,16-11-2-3-13)4-6-5-17-8(10)12-6/h2-3,5H,4H2,1H3,(H2,10,12)(H,14,15). The summed E-state index contributed by atoms with van der Waals surface area (Å²) in [6, 6.07) is 0. The van der Waals surface area contributed by atoms with E-state index < -0.39 is 11.6 Å². The fourth-order valence-corrected chi connectivity index (χ4v) is 1.63. The van der Waals surface area contributed by atoms with Crippen LogP contribution in [-0.2, 0) is 20.8 Å². The number of nitrogen functional groups attached to an aromatic ring is 1. The number of carbonyl (C=O) groups is 2. The summed E-state index contributed by atoms with van der Waals surface area (Å²) >= 11 is 1.21. The van der Waals surface area contributed by atoms with Crippen molar-refractivity contribution in [2.24, 2.45) is 5.16 Å². The van der Waals surface area contributed by atoms with E-state index in [-0.39, 0.29) is 6.42 Å². The number of aliphatic carboxylic acids is 1. The number of carboxylic acid groups (broad SMARTS) is 1. The maximum absolute atomic E-state index is 11.1. The van der Waals surface area contributed by atoms with Crippen molar-refractivity contribution in [3.05, 3.63) is 11.1 Å². The second kappa shape index (κ2) is 5.39. The first-order valence-electron chi connectivity index (χ1n) is 4.56. The maximum Gasteiger partial charge on any atom is 0.351 e. The van der Waals surface area contributed by atoms with Crippen LogP contribution in [0.1, 0.15) is 12.6 Å². The first kappa shape index (κ1) is 13.1. The van der Waals surface area contributed by atoms with Crippen LogP contribution in [0.25, 0.3) is 0 Å². The Hall–Kier alpha value is -1.96. The third-order valence-corrected chi connectivity index (χ3v) is 2.64. The van der Waals surface area contributed by atoms with Crippen LogP contribution in [0.4, 0.5) is 5.13 Å². The van der Waals surface area contributed by atoms with Gasteiger partial charge in [-0.2, -0.15) is 0 Å². The lowest BCUT2D eigenvalue weighted by molar-refractivity contribution is -0.163. The number of carboxylic acids is 1. The molecular formula is C9H11N3O4S. The Morgan fingerprint density at radius 2 is 2.53 bits per heavy atom. The molecule has 0 saturated carbocycles. The molecule has 1 aromatic heterocycles. The van der Waals surface area contributed by atoms with Gasteiger partial charge in [-0.05, 0) is 6.92 Å². The molecule has 0 fully saturated rings. The number of nitrogens with zero attached hydrogens (tertiary/aromatic N) is 2. The first-order chi connectivity index (χ1) is 7.98. The molecule has 7 nitrogen and oxygen atoms in total. The van der Waals surface area contributed by atoms with Crippen LogP contribution in [0.2, 0.25) is 0 Å². The molecule has 1 heterocycles. The first-order valence-corrected chi connectivity index (χ1v) is 5.44. The lowest BCUT2D eigenvalue weighted by Gasteiger charge is -2.20. The molecule has 1 rings (SSSR count). The summed E-state index contributed by atoms with van der Waals surface area (Å²) in [7, 11) is 0. The van der Waals surface area contributed by atoms with Crippen LogP contribution in [-0.4, -0.2) is 34.2 Å². The molecule has 0 radical (unpaired) electrons. The Labute approximate surface area is 101 Å². The lowest BCUT2D eigenvalue weighted by Crippen LogP contribution is -2.39. The summed E-state index contributed by atoms with van der Waals surface area (Å²) in [6.45, 7) is 1.34. The van der Waals surface area contributed by atoms with Crippen LogP contribution < -0.4 is 5.73 Å². The minimum atomic E-state index is -1.58. The van der Waals surface area contributed by atoms with Crippen molar-refractivity contribution in [3.8, 4) is 0 Å². The smallest absolute Gasteiger partial charge is 0.351 e.